The maximum absolute atomic E-state index is 6.74. The molecule has 2 nitrogen and oxygen atoms in total. The van der Waals surface area contributed by atoms with Crippen LogP contribution in [0.1, 0.15) is 0 Å². The molecule has 10 aromatic rings. The number of furan rings is 1. The van der Waals surface area contributed by atoms with Crippen molar-refractivity contribution >= 4 is 170 Å². The van der Waals surface area contributed by atoms with E-state index in [0.717, 1.165) is 49.8 Å². The maximum Gasteiger partial charge on any atom is 0.143 e. The summed E-state index contributed by atoms with van der Waals surface area (Å²) in [5, 5.41) is 4.56. The Kier molecular flexibility index (Phi) is 10.3. The maximum atomic E-state index is 6.74. The van der Waals surface area contributed by atoms with E-state index in [1.54, 1.807) is 0 Å². The zero-order valence-corrected chi connectivity index (χ0v) is 37.9. The topological polar surface area (TPSA) is 16.4 Å². The minimum atomic E-state index is 0.890. The highest BCUT2D eigenvalue weighted by Crippen LogP contribution is 2.45. The smallest absolute Gasteiger partial charge is 0.143 e. The third-order valence-corrected chi connectivity index (χ3v) is 14.3. The molecule has 9 aromatic carbocycles. The molecule has 0 aliphatic heterocycles. The van der Waals surface area contributed by atoms with Crippen molar-refractivity contribution in [2.75, 3.05) is 4.90 Å². The fourth-order valence-corrected chi connectivity index (χ4v) is 10.2. The van der Waals surface area contributed by atoms with Crippen LogP contribution < -0.4 is 54.1 Å². The van der Waals surface area contributed by atoms with Crippen LogP contribution in [0.4, 0.5) is 17.1 Å². The molecule has 290 valence electrons. The average molecular weight is 796 g/mol. The van der Waals surface area contributed by atoms with Gasteiger partial charge >= 0.3 is 0 Å². The van der Waals surface area contributed by atoms with Crippen LogP contribution in [0.5, 0.6) is 0 Å². The van der Waals surface area contributed by atoms with Crippen LogP contribution in [0.25, 0.3) is 77.2 Å². The lowest BCUT2D eigenvalue weighted by molar-refractivity contribution is 0.673. The van der Waals surface area contributed by atoms with Crippen LogP contribution in [0.15, 0.2) is 162 Å². The van der Waals surface area contributed by atoms with Gasteiger partial charge in [-0.3, -0.25) is 0 Å². The van der Waals surface area contributed by atoms with Crippen LogP contribution >= 0.6 is 0 Å². The number of nitrogens with zero attached hydrogens (tertiary/aromatic N) is 1. The van der Waals surface area contributed by atoms with Gasteiger partial charge in [-0.25, -0.2) is 0 Å². The van der Waals surface area contributed by atoms with E-state index in [1.165, 1.54) is 93.6 Å². The van der Waals surface area contributed by atoms with Crippen molar-refractivity contribution in [2.24, 2.45) is 0 Å². The van der Waals surface area contributed by atoms with Crippen molar-refractivity contribution < 1.29 is 4.42 Å². The van der Waals surface area contributed by atoms with Crippen molar-refractivity contribution in [2.45, 2.75) is 0 Å². The first-order chi connectivity index (χ1) is 30.5. The van der Waals surface area contributed by atoms with Crippen LogP contribution in [0.2, 0.25) is 0 Å². The molecule has 0 spiro atoms. The number of benzene rings is 9. The van der Waals surface area contributed by atoms with Crippen LogP contribution in [-0.4, -0.2) is 70.6 Å². The van der Waals surface area contributed by atoms with E-state index in [-0.39, 0.29) is 0 Å². The van der Waals surface area contributed by atoms with Gasteiger partial charge in [0.05, 0.1) is 5.69 Å². The molecule has 1 heterocycles. The van der Waals surface area contributed by atoms with E-state index in [2.05, 4.69) is 233 Å². The van der Waals surface area contributed by atoms with Gasteiger partial charge in [0.15, 0.2) is 0 Å². The third-order valence-electron chi connectivity index (χ3n) is 14.3. The Balaban J connectivity index is 1.19. The quantitative estimate of drug-likeness (QED) is 0.197. The van der Waals surface area contributed by atoms with Crippen molar-refractivity contribution in [1.82, 2.24) is 0 Å². The molecule has 0 amide bonds. The van der Waals surface area contributed by atoms with E-state index >= 15 is 0 Å². The lowest BCUT2D eigenvalue weighted by Gasteiger charge is -2.34. The fraction of sp³-hybridized carbons (Fsp3) is 0. The van der Waals surface area contributed by atoms with E-state index in [1.807, 2.05) is 0 Å². The number of hydrogen-bond donors (Lipinski definition) is 0. The SMILES string of the molecule is Bc1c(B)c(B)c(-c2c(B)c(B)c(N(c3ccc(-c4ccc(-c5ccccc5)cc4)cc3)c3ccccc3-c3cccc4oc5c6ccccc6ccc5c34)c(B)c2B)c(B)c1B. The summed E-state index contributed by atoms with van der Waals surface area (Å²) in [5.74, 6) is 0. The molecule has 10 rings (SSSR count). The highest BCUT2D eigenvalue weighted by molar-refractivity contribution is 6.71. The monoisotopic (exact) mass is 797 g/mol. The Hall–Kier alpha value is -6.58. The molecule has 0 atom stereocenters. The summed E-state index contributed by atoms with van der Waals surface area (Å²) >= 11 is 0. The Morgan fingerprint density at radius 2 is 0.841 bits per heavy atom. The number of para-hydroxylation sites is 1. The molecular weight excluding hydrogens is 752 g/mol. The van der Waals surface area contributed by atoms with Crippen molar-refractivity contribution in [3.05, 3.63) is 158 Å². The lowest BCUT2D eigenvalue weighted by Crippen LogP contribution is -2.57. The van der Waals surface area contributed by atoms with E-state index < -0.39 is 0 Å². The highest BCUT2D eigenvalue weighted by Gasteiger charge is 2.27. The molecule has 0 unspecified atom stereocenters. The second-order valence-corrected chi connectivity index (χ2v) is 17.5. The Morgan fingerprint density at radius 3 is 1.48 bits per heavy atom. The second kappa shape index (κ2) is 16.0. The van der Waals surface area contributed by atoms with Crippen molar-refractivity contribution in [1.29, 1.82) is 0 Å². The van der Waals surface area contributed by atoms with Gasteiger partial charge in [0.25, 0.3) is 0 Å². The highest BCUT2D eigenvalue weighted by atomic mass is 16.3. The summed E-state index contributed by atoms with van der Waals surface area (Å²) in [4.78, 5) is 2.52. The van der Waals surface area contributed by atoms with Crippen LogP contribution in [0, 0.1) is 0 Å². The minimum Gasteiger partial charge on any atom is -0.455 e. The van der Waals surface area contributed by atoms with E-state index in [4.69, 9.17) is 4.42 Å². The average Bonchev–Trinajstić information content (AvgIpc) is 3.72. The predicted octanol–water partition coefficient (Wildman–Crippen LogP) is -0.797. The number of hydrogen-bond acceptors (Lipinski definition) is 2. The summed E-state index contributed by atoms with van der Waals surface area (Å²) in [6.07, 6.45) is 0. The summed E-state index contributed by atoms with van der Waals surface area (Å²) < 4.78 is 6.74. The molecule has 11 heteroatoms. The summed E-state index contributed by atoms with van der Waals surface area (Å²) in [7, 11) is 20.8. The number of anilines is 3. The van der Waals surface area contributed by atoms with Crippen molar-refractivity contribution in [3.63, 3.8) is 0 Å². The summed E-state index contributed by atoms with van der Waals surface area (Å²) in [6, 6.07) is 57.1. The molecule has 0 aliphatic carbocycles. The number of fused-ring (bicyclic) bond motifs is 5. The zero-order chi connectivity index (χ0) is 43.7. The first-order valence-corrected chi connectivity index (χ1v) is 22.2. The van der Waals surface area contributed by atoms with Gasteiger partial charge in [-0.2, -0.15) is 0 Å². The van der Waals surface area contributed by atoms with E-state index in [0.29, 0.717) is 0 Å². The summed E-state index contributed by atoms with van der Waals surface area (Å²) in [5.41, 5.74) is 27.2. The predicted molar refractivity (Wildman–Crippen MR) is 301 cm³/mol. The standard InChI is InChI=1S/C52H44B9NO/c53-42-40(43(54)47(58)48(59)46(42)57)41-44(55)49(60)51(50(61)45(41)56)62(32-24-21-30(22-25-32)29-19-17-28(18-20-29)27-9-2-1-3-10-27)37-15-7-6-13-34(37)35-14-8-16-38-39(35)36-26-23-31-11-4-5-12-33(31)52(36)63-38/h1-26H,53-61H2. The second-order valence-electron chi connectivity index (χ2n) is 17.5. The molecule has 1 aromatic heterocycles. The molecule has 0 aliphatic rings. The van der Waals surface area contributed by atoms with Gasteiger partial charge in [0.2, 0.25) is 0 Å². The minimum absolute atomic E-state index is 0.890. The third kappa shape index (κ3) is 6.63. The first kappa shape index (κ1) is 40.5. The summed E-state index contributed by atoms with van der Waals surface area (Å²) in [6.45, 7) is 0. The molecule has 0 saturated heterocycles. The van der Waals surface area contributed by atoms with Gasteiger partial charge in [-0.1, -0.05) is 160 Å². The van der Waals surface area contributed by atoms with Crippen LogP contribution in [-0.2, 0) is 0 Å². The molecular formula is C52H44B9NO. The molecule has 0 bridgehead atoms. The lowest BCUT2D eigenvalue weighted by atomic mass is 9.56. The number of rotatable bonds is 7. The largest absolute Gasteiger partial charge is 0.455 e. The fourth-order valence-electron chi connectivity index (χ4n) is 10.2. The Labute approximate surface area is 379 Å². The first-order valence-electron chi connectivity index (χ1n) is 22.2. The van der Waals surface area contributed by atoms with Crippen LogP contribution in [0.3, 0.4) is 0 Å². The van der Waals surface area contributed by atoms with Gasteiger partial charge in [0, 0.05) is 33.1 Å². The molecule has 0 radical (unpaired) electrons. The van der Waals surface area contributed by atoms with Gasteiger partial charge in [-0.05, 0) is 74.7 Å². The van der Waals surface area contributed by atoms with Gasteiger partial charge in [0.1, 0.15) is 81.8 Å². The van der Waals surface area contributed by atoms with E-state index in [9.17, 15) is 0 Å². The Bertz CT molecular complexity index is 3380. The molecule has 0 N–H and O–H groups in total. The van der Waals surface area contributed by atoms with Gasteiger partial charge in [-0.15, -0.1) is 16.4 Å². The van der Waals surface area contributed by atoms with Gasteiger partial charge < -0.3 is 9.32 Å². The molecule has 0 fully saturated rings. The Morgan fingerprint density at radius 1 is 0.349 bits per heavy atom. The zero-order valence-electron chi connectivity index (χ0n) is 37.9. The molecule has 63 heavy (non-hydrogen) atoms. The van der Waals surface area contributed by atoms with Crippen molar-refractivity contribution in [3.8, 4) is 44.5 Å². The normalized spacial score (nSPS) is 11.4. The molecule has 0 saturated carbocycles.